The number of hydrogen-bond acceptors (Lipinski definition) is 4. The molecular weight excluding hydrogens is 423 g/mol. The summed E-state index contributed by atoms with van der Waals surface area (Å²) >= 11 is 5.88. The number of pyridine rings is 1. The van der Waals surface area contributed by atoms with Crippen LogP contribution in [0.5, 0.6) is 0 Å². The highest BCUT2D eigenvalue weighted by Crippen LogP contribution is 2.35. The predicted molar refractivity (Wildman–Crippen MR) is 120 cm³/mol. The minimum Gasteiger partial charge on any atom is -0.478 e. The molecule has 0 radical (unpaired) electrons. The van der Waals surface area contributed by atoms with Gasteiger partial charge < -0.3 is 14.9 Å². The van der Waals surface area contributed by atoms with Crippen molar-refractivity contribution in [2.45, 2.75) is 57.4 Å². The van der Waals surface area contributed by atoms with Crippen LogP contribution in [0.1, 0.15) is 54.3 Å². The fraction of sp³-hybridized carbons (Fsp3) is 0.409. The van der Waals surface area contributed by atoms with E-state index in [4.69, 9.17) is 21.4 Å². The zero-order valence-corrected chi connectivity index (χ0v) is 18.7. The van der Waals surface area contributed by atoms with Gasteiger partial charge in [0.05, 0.1) is 17.8 Å². The smallest absolute Gasteiger partial charge is 0.335 e. The van der Waals surface area contributed by atoms with Gasteiger partial charge in [-0.1, -0.05) is 38.7 Å². The van der Waals surface area contributed by atoms with Crippen LogP contribution in [0.2, 0.25) is 5.15 Å². The second kappa shape index (κ2) is 9.99. The normalized spacial score (nSPS) is 20.4. The first-order valence-corrected chi connectivity index (χ1v) is 10.8. The van der Waals surface area contributed by atoms with Crippen LogP contribution >= 0.6 is 20.5 Å². The summed E-state index contributed by atoms with van der Waals surface area (Å²) < 4.78 is 5.92. The van der Waals surface area contributed by atoms with Gasteiger partial charge in [-0.3, -0.25) is 0 Å². The molecule has 1 aliphatic heterocycles. The molecule has 30 heavy (non-hydrogen) atoms. The van der Waals surface area contributed by atoms with E-state index in [1.54, 1.807) is 30.5 Å². The summed E-state index contributed by atoms with van der Waals surface area (Å²) in [5, 5.41) is 20.6. The number of ether oxygens (including phenoxy) is 1. The minimum atomic E-state index is -0.940. The van der Waals surface area contributed by atoms with Crippen LogP contribution in [0.4, 0.5) is 0 Å². The molecule has 3 atom stereocenters. The van der Waals surface area contributed by atoms with Crippen LogP contribution in [-0.2, 0) is 11.2 Å². The second-order valence-electron chi connectivity index (χ2n) is 7.74. The first kappa shape index (κ1) is 22.9. The van der Waals surface area contributed by atoms with Gasteiger partial charge in [-0.25, -0.2) is 14.7 Å². The van der Waals surface area contributed by atoms with Crippen molar-refractivity contribution >= 4 is 32.0 Å². The van der Waals surface area contributed by atoms with E-state index in [1.807, 2.05) is 26.0 Å². The number of carbonyl (C=O) groups is 1. The summed E-state index contributed by atoms with van der Waals surface area (Å²) in [6, 6.07) is 10.3. The molecule has 8 heteroatoms. The van der Waals surface area contributed by atoms with E-state index in [-0.39, 0.29) is 23.8 Å². The molecule has 160 valence electrons. The maximum absolute atomic E-state index is 11.1. The van der Waals surface area contributed by atoms with Crippen molar-refractivity contribution in [3.05, 3.63) is 64.4 Å². The van der Waals surface area contributed by atoms with Crippen molar-refractivity contribution in [3.8, 4) is 0 Å². The number of benzene rings is 1. The first-order chi connectivity index (χ1) is 14.3. The Hall–Kier alpha value is -1.82. The highest BCUT2D eigenvalue weighted by molar-refractivity contribution is 7.20. The largest absolute Gasteiger partial charge is 0.478 e. The maximum Gasteiger partial charge on any atom is 0.335 e. The quantitative estimate of drug-likeness (QED) is 0.465. The summed E-state index contributed by atoms with van der Waals surface area (Å²) in [5.41, 5.74) is 2.58. The van der Waals surface area contributed by atoms with Gasteiger partial charge >= 0.3 is 5.97 Å². The Morgan fingerprint density at radius 2 is 1.97 bits per heavy atom. The Balaban J connectivity index is 1.82. The number of carboxylic acid groups (broad SMARTS) is 1. The number of aliphatic hydroxyl groups excluding tert-OH is 1. The maximum atomic E-state index is 11.1. The highest BCUT2D eigenvalue weighted by atomic mass is 35.5. The number of aromatic carboxylic acids is 1. The van der Waals surface area contributed by atoms with Gasteiger partial charge in [0.25, 0.3) is 0 Å². The van der Waals surface area contributed by atoms with Crippen LogP contribution in [0, 0.1) is 0 Å². The van der Waals surface area contributed by atoms with Gasteiger partial charge in [-0.05, 0) is 56.9 Å². The highest BCUT2D eigenvalue weighted by Gasteiger charge is 2.40. The van der Waals surface area contributed by atoms with Crippen molar-refractivity contribution in [2.24, 2.45) is 0 Å². The SMILES string of the molecule is CC(C)OC(=P)N1[C@H](Cc2ccc(C(=O)O)cc2)CC[C@@H]1[C@H](O)c1ccc(Cl)nc1. The third-order valence-corrected chi connectivity index (χ3v) is 5.86. The topological polar surface area (TPSA) is 82.9 Å². The second-order valence-corrected chi connectivity index (χ2v) is 8.56. The molecule has 1 fully saturated rings. The molecule has 1 aliphatic rings. The number of carboxylic acids is 1. The summed E-state index contributed by atoms with van der Waals surface area (Å²) in [7, 11) is 3.64. The molecule has 0 spiro atoms. The standard InChI is InChI=1S/C22H26ClN2O4P/c1-13(2)29-22(30)25-17(11-14-3-5-15(6-4-14)21(27)28)8-9-18(25)20(26)16-7-10-19(23)24-12-16/h3-7,10,12-13,17-18,20,26,30H,8-9,11H2,1-2H3,(H,27,28)/t17-,18+,20+/m0/s1. The van der Waals surface area contributed by atoms with Crippen LogP contribution in [0.3, 0.4) is 0 Å². The first-order valence-electron chi connectivity index (χ1n) is 9.91. The number of halogens is 1. The molecule has 0 unspecified atom stereocenters. The monoisotopic (exact) mass is 448 g/mol. The lowest BCUT2D eigenvalue weighted by molar-refractivity contribution is 0.0696. The fourth-order valence-corrected chi connectivity index (χ4v) is 4.56. The van der Waals surface area contributed by atoms with Crippen molar-refractivity contribution in [1.82, 2.24) is 9.88 Å². The van der Waals surface area contributed by atoms with Gasteiger partial charge in [0.1, 0.15) is 10.8 Å². The van der Waals surface area contributed by atoms with Crippen LogP contribution in [0.15, 0.2) is 42.6 Å². The number of likely N-dealkylation sites (tertiary alicyclic amines) is 1. The fourth-order valence-electron chi connectivity index (χ4n) is 3.86. The van der Waals surface area contributed by atoms with E-state index >= 15 is 0 Å². The van der Waals surface area contributed by atoms with Gasteiger partial charge in [-0.15, -0.1) is 0 Å². The third kappa shape index (κ3) is 5.45. The molecule has 1 saturated heterocycles. The molecule has 0 aliphatic carbocycles. The van der Waals surface area contributed by atoms with Crippen LogP contribution in [0.25, 0.3) is 0 Å². The minimum absolute atomic E-state index is 0.0245. The molecule has 0 bridgehead atoms. The van der Waals surface area contributed by atoms with E-state index in [2.05, 4.69) is 18.7 Å². The van der Waals surface area contributed by atoms with E-state index in [1.165, 1.54) is 0 Å². The van der Waals surface area contributed by atoms with Gasteiger partial charge in [0, 0.05) is 23.8 Å². The molecule has 1 aromatic heterocycles. The van der Waals surface area contributed by atoms with Crippen molar-refractivity contribution in [1.29, 1.82) is 0 Å². The molecule has 1 aromatic carbocycles. The van der Waals surface area contributed by atoms with Crippen LogP contribution in [-0.4, -0.2) is 49.9 Å². The van der Waals surface area contributed by atoms with Crippen molar-refractivity contribution in [3.63, 3.8) is 0 Å². The zero-order chi connectivity index (χ0) is 21.8. The molecule has 2 heterocycles. The Labute approximate surface area is 183 Å². The van der Waals surface area contributed by atoms with Crippen molar-refractivity contribution < 1.29 is 19.7 Å². The number of rotatable bonds is 8. The molecule has 3 rings (SSSR count). The van der Waals surface area contributed by atoms with E-state index in [0.29, 0.717) is 22.7 Å². The zero-order valence-electron chi connectivity index (χ0n) is 17.0. The number of nitrogens with zero attached hydrogens (tertiary/aromatic N) is 2. The molecule has 2 N–H and O–H groups in total. The molecule has 0 saturated carbocycles. The lowest BCUT2D eigenvalue weighted by Crippen LogP contribution is -2.45. The number of hydrogen-bond donors (Lipinski definition) is 2. The molecule has 6 nitrogen and oxygen atoms in total. The summed E-state index contributed by atoms with van der Waals surface area (Å²) in [4.78, 5) is 17.3. The van der Waals surface area contributed by atoms with Gasteiger partial charge in [-0.2, -0.15) is 0 Å². The number of aromatic nitrogens is 1. The van der Waals surface area contributed by atoms with E-state index < -0.39 is 12.1 Å². The Morgan fingerprint density at radius 1 is 1.27 bits per heavy atom. The predicted octanol–water partition coefficient (Wildman–Crippen LogP) is 4.20. The van der Waals surface area contributed by atoms with Crippen molar-refractivity contribution in [2.75, 3.05) is 0 Å². The molecule has 2 aromatic rings. The summed E-state index contributed by atoms with van der Waals surface area (Å²) in [5.74, 6) is -0.940. The third-order valence-electron chi connectivity index (χ3n) is 5.26. The van der Waals surface area contributed by atoms with E-state index in [9.17, 15) is 9.90 Å². The number of aliphatic hydroxyl groups is 1. The Morgan fingerprint density at radius 3 is 2.53 bits per heavy atom. The Bertz CT molecular complexity index is 889. The van der Waals surface area contributed by atoms with Gasteiger partial charge in [0.2, 0.25) is 0 Å². The van der Waals surface area contributed by atoms with E-state index in [0.717, 1.165) is 18.4 Å². The Kier molecular flexibility index (Phi) is 7.61. The molecule has 0 amide bonds. The lowest BCUT2D eigenvalue weighted by Gasteiger charge is -2.34. The summed E-state index contributed by atoms with van der Waals surface area (Å²) in [6.45, 7) is 3.90. The lowest BCUT2D eigenvalue weighted by atomic mass is 10.0. The summed E-state index contributed by atoms with van der Waals surface area (Å²) in [6.07, 6.45) is 3.16. The average Bonchev–Trinajstić information content (AvgIpc) is 3.11. The average molecular weight is 449 g/mol. The van der Waals surface area contributed by atoms with Gasteiger partial charge in [0.15, 0.2) is 0 Å². The van der Waals surface area contributed by atoms with Crippen LogP contribution < -0.4 is 0 Å². The molecular formula is C22H26ClN2O4P.